The Balaban J connectivity index is 0.00000114. The van der Waals surface area contributed by atoms with Crippen LogP contribution in [0, 0.1) is 0 Å². The molecule has 0 radical (unpaired) electrons. The minimum Gasteiger partial charge on any atom is -0.392 e. The van der Waals surface area contributed by atoms with Crippen molar-refractivity contribution in [2.45, 2.75) is 112 Å². The van der Waals surface area contributed by atoms with E-state index in [-0.39, 0.29) is 48.4 Å². The number of nitrogens with zero attached hydrogens (tertiary/aromatic N) is 2. The first-order chi connectivity index (χ1) is 21.8. The molecule has 8 heteroatoms. The van der Waals surface area contributed by atoms with Gasteiger partial charge in [0.05, 0.1) is 6.61 Å². The molecule has 1 saturated carbocycles. The average molecular weight is 621 g/mol. The number of aliphatic hydroxyl groups is 1. The monoisotopic (exact) mass is 620 g/mol. The number of hydrogen-bond donors (Lipinski definition) is 3. The highest BCUT2D eigenvalue weighted by Crippen LogP contribution is 2.17. The zero-order valence-electron chi connectivity index (χ0n) is 28.3. The lowest BCUT2D eigenvalue weighted by Gasteiger charge is -2.22. The van der Waals surface area contributed by atoms with Gasteiger partial charge in [-0.25, -0.2) is 0 Å². The van der Waals surface area contributed by atoms with Gasteiger partial charge in [0.1, 0.15) is 12.2 Å². The van der Waals surface area contributed by atoms with E-state index in [1.54, 1.807) is 6.08 Å². The Morgan fingerprint density at radius 3 is 2.27 bits per heavy atom. The van der Waals surface area contributed by atoms with Gasteiger partial charge < -0.3 is 15.7 Å². The van der Waals surface area contributed by atoms with Crippen LogP contribution in [0.2, 0.25) is 0 Å². The second-order valence-electron chi connectivity index (χ2n) is 10.5. The Kier molecular flexibility index (Phi) is 24.0. The first-order valence-electron chi connectivity index (χ1n) is 16.1. The van der Waals surface area contributed by atoms with Gasteiger partial charge in [-0.15, -0.1) is 0 Å². The fourth-order valence-corrected chi connectivity index (χ4v) is 4.20. The van der Waals surface area contributed by atoms with E-state index in [1.807, 2.05) is 102 Å². The van der Waals surface area contributed by atoms with Gasteiger partial charge in [-0.05, 0) is 65.0 Å². The highest BCUT2D eigenvalue weighted by molar-refractivity contribution is 5.94. The Morgan fingerprint density at radius 2 is 1.73 bits per heavy atom. The fourth-order valence-electron chi connectivity index (χ4n) is 4.20. The van der Waals surface area contributed by atoms with Crippen LogP contribution in [0.15, 0.2) is 85.0 Å². The lowest BCUT2D eigenvalue weighted by molar-refractivity contribution is -0.122. The number of nitrogens with one attached hydrogen (secondary N) is 2. The van der Waals surface area contributed by atoms with Crippen molar-refractivity contribution in [2.24, 2.45) is 0 Å². The molecule has 1 heterocycles. The first kappa shape index (κ1) is 41.0. The summed E-state index contributed by atoms with van der Waals surface area (Å²) in [4.78, 5) is 36.3. The number of amides is 2. The fraction of sp³-hybridized carbons (Fsp3) is 0.459. The molecule has 0 bridgehead atoms. The standard InChI is InChI=1S/C24H34N4O3.C7H8O.C4H8.C2H6/c1-4-5-7-10-18(2)13-14-19(3)25-24(31)22-15-21(17-29)28(27-22)16-23(30)26-20-11-8-6-9-12-20;8-6-7-4-2-1-3-5-7;1-3-4-2;1-2/h4-5,7,10,15,17,19-20H,1,6,8-9,11-14,16H2,2-3H3,(H,25,31)(H,26,30);1-5,8H,6H2;3-4H,1-2H3;1-2H3/b7-5-,18-10+;;4-3-;. The molecule has 2 aromatic rings. The molecule has 8 nitrogen and oxygen atoms in total. The van der Waals surface area contributed by atoms with Crippen LogP contribution < -0.4 is 10.6 Å². The van der Waals surface area contributed by atoms with Crippen molar-refractivity contribution in [3.8, 4) is 0 Å². The lowest BCUT2D eigenvalue weighted by atomic mass is 9.95. The minimum absolute atomic E-state index is 0.0568. The smallest absolute Gasteiger partial charge is 0.272 e. The second kappa shape index (κ2) is 26.4. The van der Waals surface area contributed by atoms with Gasteiger partial charge in [0.15, 0.2) is 12.0 Å². The predicted molar refractivity (Wildman–Crippen MR) is 186 cm³/mol. The molecule has 1 aromatic carbocycles. The molecule has 1 atom stereocenters. The molecular weight excluding hydrogens is 564 g/mol. The Hall–Kier alpha value is -4.04. The normalized spacial score (nSPS) is 13.7. The molecule has 1 aliphatic carbocycles. The zero-order valence-corrected chi connectivity index (χ0v) is 28.3. The van der Waals surface area contributed by atoms with Crippen LogP contribution in [-0.2, 0) is 17.9 Å². The number of aldehydes is 1. The van der Waals surface area contributed by atoms with Gasteiger partial charge in [-0.1, -0.05) is 112 Å². The summed E-state index contributed by atoms with van der Waals surface area (Å²) in [5.41, 5.74) is 2.52. The summed E-state index contributed by atoms with van der Waals surface area (Å²) in [6, 6.07) is 11.1. The maximum Gasteiger partial charge on any atom is 0.272 e. The van der Waals surface area contributed by atoms with Gasteiger partial charge in [-0.2, -0.15) is 5.10 Å². The number of hydrogen-bond acceptors (Lipinski definition) is 5. The van der Waals surface area contributed by atoms with E-state index in [1.165, 1.54) is 22.7 Å². The van der Waals surface area contributed by atoms with Crippen LogP contribution in [0.5, 0.6) is 0 Å². The number of benzene rings is 1. The number of carbonyl (C=O) groups is 3. The molecule has 2 amide bonds. The molecule has 1 aromatic heterocycles. The summed E-state index contributed by atoms with van der Waals surface area (Å²) >= 11 is 0. The van der Waals surface area contributed by atoms with Crippen LogP contribution in [-0.4, -0.2) is 45.1 Å². The quantitative estimate of drug-likeness (QED) is 0.129. The SMILES string of the molecule is C/C=C\C.C=C/C=C\C=C(/C)CCC(C)NC(=O)c1cc(C=O)n(CC(=O)NC2CCCCC2)n1.CC.OCc1ccccc1. The molecule has 0 spiro atoms. The van der Waals surface area contributed by atoms with Crippen LogP contribution in [0.1, 0.15) is 113 Å². The van der Waals surface area contributed by atoms with E-state index >= 15 is 0 Å². The highest BCUT2D eigenvalue weighted by Gasteiger charge is 2.20. The summed E-state index contributed by atoms with van der Waals surface area (Å²) < 4.78 is 1.30. The maximum atomic E-state index is 12.6. The lowest BCUT2D eigenvalue weighted by Crippen LogP contribution is -2.38. The Morgan fingerprint density at radius 1 is 1.09 bits per heavy atom. The first-order valence-corrected chi connectivity index (χ1v) is 16.1. The highest BCUT2D eigenvalue weighted by atomic mass is 16.3. The molecule has 1 fully saturated rings. The molecule has 1 unspecified atom stereocenters. The van der Waals surface area contributed by atoms with E-state index in [2.05, 4.69) is 22.3 Å². The van der Waals surface area contributed by atoms with Crippen molar-refractivity contribution in [3.63, 3.8) is 0 Å². The summed E-state index contributed by atoms with van der Waals surface area (Å²) in [6.07, 6.45) is 19.2. The second-order valence-corrected chi connectivity index (χ2v) is 10.5. The molecule has 0 aliphatic heterocycles. The maximum absolute atomic E-state index is 12.6. The van der Waals surface area contributed by atoms with Gasteiger partial charge in [0, 0.05) is 12.1 Å². The summed E-state index contributed by atoms with van der Waals surface area (Å²) in [6.45, 7) is 15.7. The zero-order chi connectivity index (χ0) is 33.9. The average Bonchev–Trinajstić information content (AvgIpc) is 3.48. The number of aromatic nitrogens is 2. The third-order valence-electron chi connectivity index (χ3n) is 6.76. The van der Waals surface area contributed by atoms with Gasteiger partial charge in [0.2, 0.25) is 5.91 Å². The number of aliphatic hydroxyl groups excluding tert-OH is 1. The van der Waals surface area contributed by atoms with Gasteiger partial charge in [0.25, 0.3) is 5.91 Å². The topological polar surface area (TPSA) is 113 Å². The molecule has 248 valence electrons. The van der Waals surface area contributed by atoms with E-state index in [0.29, 0.717) is 6.29 Å². The largest absolute Gasteiger partial charge is 0.392 e. The van der Waals surface area contributed by atoms with Crippen molar-refractivity contribution in [1.82, 2.24) is 20.4 Å². The van der Waals surface area contributed by atoms with E-state index in [9.17, 15) is 14.4 Å². The van der Waals surface area contributed by atoms with Crippen LogP contribution in [0.4, 0.5) is 0 Å². The Bertz CT molecular complexity index is 1190. The van der Waals surface area contributed by atoms with Crippen molar-refractivity contribution >= 4 is 18.1 Å². The molecule has 45 heavy (non-hydrogen) atoms. The summed E-state index contributed by atoms with van der Waals surface area (Å²) in [5.74, 6) is -0.540. The van der Waals surface area contributed by atoms with Crippen LogP contribution >= 0.6 is 0 Å². The van der Waals surface area contributed by atoms with Crippen LogP contribution in [0.25, 0.3) is 0 Å². The molecule has 1 aliphatic rings. The molecular formula is C37H56N4O4. The van der Waals surface area contributed by atoms with E-state index in [4.69, 9.17) is 5.11 Å². The van der Waals surface area contributed by atoms with Crippen molar-refractivity contribution in [2.75, 3.05) is 0 Å². The Labute approximate surface area is 271 Å². The number of allylic oxidation sites excluding steroid dienone is 7. The third-order valence-corrected chi connectivity index (χ3v) is 6.76. The van der Waals surface area contributed by atoms with Crippen LogP contribution in [0.3, 0.4) is 0 Å². The minimum atomic E-state index is -0.352. The molecule has 0 saturated heterocycles. The van der Waals surface area contributed by atoms with Crippen molar-refractivity contribution in [1.29, 1.82) is 0 Å². The summed E-state index contributed by atoms with van der Waals surface area (Å²) in [5, 5.41) is 18.6. The number of carbonyl (C=O) groups excluding carboxylic acids is 3. The molecule has 3 rings (SSSR count). The summed E-state index contributed by atoms with van der Waals surface area (Å²) in [7, 11) is 0. The van der Waals surface area contributed by atoms with E-state index in [0.717, 1.165) is 44.1 Å². The van der Waals surface area contributed by atoms with Crippen molar-refractivity contribution < 1.29 is 19.5 Å². The van der Waals surface area contributed by atoms with Crippen molar-refractivity contribution in [3.05, 3.63) is 102 Å². The van der Waals surface area contributed by atoms with E-state index < -0.39 is 0 Å². The van der Waals surface area contributed by atoms with Gasteiger partial charge in [-0.3, -0.25) is 19.1 Å². The third kappa shape index (κ3) is 19.1. The van der Waals surface area contributed by atoms with Gasteiger partial charge >= 0.3 is 0 Å². The number of rotatable bonds is 12. The predicted octanol–water partition coefficient (Wildman–Crippen LogP) is 7.52. The molecule has 3 N–H and O–H groups in total.